The van der Waals surface area contributed by atoms with Gasteiger partial charge in [-0.3, -0.25) is 9.69 Å². The molecule has 0 aliphatic heterocycles. The summed E-state index contributed by atoms with van der Waals surface area (Å²) in [7, 11) is 0. The zero-order valence-electron chi connectivity index (χ0n) is 20.8. The molecule has 32 heavy (non-hydrogen) atoms. The summed E-state index contributed by atoms with van der Waals surface area (Å²) in [6.45, 7) is 14.9. The zero-order valence-corrected chi connectivity index (χ0v) is 20.8. The molecule has 2 aromatic carbocycles. The minimum absolute atomic E-state index is 0.0439. The van der Waals surface area contributed by atoms with Gasteiger partial charge in [-0.1, -0.05) is 50.2 Å². The van der Waals surface area contributed by atoms with Crippen LogP contribution in [0.3, 0.4) is 0 Å². The third kappa shape index (κ3) is 6.91. The van der Waals surface area contributed by atoms with Crippen molar-refractivity contribution in [2.24, 2.45) is 5.92 Å². The minimum atomic E-state index is -0.242. The number of carbonyl (C=O) groups is 1. The number of nitrogens with zero attached hydrogens (tertiary/aromatic N) is 1. The summed E-state index contributed by atoms with van der Waals surface area (Å²) in [4.78, 5) is 15.0. The normalized spacial score (nSPS) is 13.8. The maximum Gasteiger partial charge on any atom is 0.313 e. The van der Waals surface area contributed by atoms with Crippen LogP contribution in [0.4, 0.5) is 0 Å². The lowest BCUT2D eigenvalue weighted by Gasteiger charge is -2.37. The van der Waals surface area contributed by atoms with E-state index in [0.717, 1.165) is 24.0 Å². The van der Waals surface area contributed by atoms with Gasteiger partial charge in [0.25, 0.3) is 0 Å². The summed E-state index contributed by atoms with van der Waals surface area (Å²) >= 11 is 0. The molecule has 0 fully saturated rings. The Bertz CT molecular complexity index is 837. The Balaban J connectivity index is 2.44. The summed E-state index contributed by atoms with van der Waals surface area (Å²) in [6, 6.07) is 17.4. The van der Waals surface area contributed by atoms with Crippen LogP contribution in [-0.4, -0.2) is 34.1 Å². The van der Waals surface area contributed by atoms with E-state index in [1.165, 1.54) is 5.56 Å². The van der Waals surface area contributed by atoms with E-state index < -0.39 is 0 Å². The van der Waals surface area contributed by atoms with Gasteiger partial charge in [-0.25, -0.2) is 0 Å². The van der Waals surface area contributed by atoms with Gasteiger partial charge in [0.2, 0.25) is 0 Å². The number of hydrogen-bond acceptors (Lipinski definition) is 4. The van der Waals surface area contributed by atoms with Gasteiger partial charge >= 0.3 is 5.97 Å². The molecule has 0 radical (unpaired) electrons. The first-order valence-corrected chi connectivity index (χ1v) is 11.9. The van der Waals surface area contributed by atoms with Crippen LogP contribution >= 0.6 is 0 Å². The number of esters is 1. The van der Waals surface area contributed by atoms with Crippen molar-refractivity contribution in [1.29, 1.82) is 0 Å². The van der Waals surface area contributed by atoms with E-state index in [1.54, 1.807) is 0 Å². The quantitative estimate of drug-likeness (QED) is 0.336. The maximum absolute atomic E-state index is 12.4. The molecule has 2 atom stereocenters. The van der Waals surface area contributed by atoms with Gasteiger partial charge in [0.15, 0.2) is 0 Å². The number of hydrogen-bond donors (Lipinski definition) is 1. The van der Waals surface area contributed by atoms with Crippen molar-refractivity contribution in [2.45, 2.75) is 92.0 Å². The molecule has 1 N–H and O–H groups in total. The van der Waals surface area contributed by atoms with Crippen LogP contribution in [0.25, 0.3) is 0 Å². The first-order valence-electron chi connectivity index (χ1n) is 11.9. The van der Waals surface area contributed by atoms with Gasteiger partial charge in [-0.05, 0) is 70.7 Å². The molecule has 0 spiro atoms. The van der Waals surface area contributed by atoms with Crippen LogP contribution in [0.1, 0.15) is 83.9 Å². The predicted octanol–water partition coefficient (Wildman–Crippen LogP) is 6.16. The van der Waals surface area contributed by atoms with E-state index in [9.17, 15) is 9.90 Å². The smallest absolute Gasteiger partial charge is 0.313 e. The average Bonchev–Trinajstić information content (AvgIpc) is 2.74. The molecule has 0 aliphatic carbocycles. The summed E-state index contributed by atoms with van der Waals surface area (Å²) in [5.74, 6) is 0.212. The van der Waals surface area contributed by atoms with Crippen LogP contribution in [0.5, 0.6) is 5.75 Å². The Morgan fingerprint density at radius 2 is 1.53 bits per heavy atom. The molecule has 2 rings (SSSR count). The number of aliphatic hydroxyl groups is 1. The molecular formula is C28H41NO3. The van der Waals surface area contributed by atoms with Crippen molar-refractivity contribution in [3.05, 3.63) is 65.2 Å². The molecule has 0 aromatic heterocycles. The second-order valence-electron chi connectivity index (χ2n) is 9.63. The number of carbonyl (C=O) groups excluding carboxylic acids is 1. The Hall–Kier alpha value is -2.17. The van der Waals surface area contributed by atoms with Gasteiger partial charge in [0.05, 0.1) is 12.5 Å². The largest absolute Gasteiger partial charge is 0.426 e. The molecule has 0 saturated heterocycles. The lowest BCUT2D eigenvalue weighted by Crippen LogP contribution is -2.43. The lowest BCUT2D eigenvalue weighted by molar-refractivity contribution is -0.137. The molecule has 0 aliphatic rings. The van der Waals surface area contributed by atoms with Crippen LogP contribution in [0, 0.1) is 5.92 Å². The highest BCUT2D eigenvalue weighted by Crippen LogP contribution is 2.37. The Morgan fingerprint density at radius 3 is 2.06 bits per heavy atom. The number of rotatable bonds is 11. The zero-order chi connectivity index (χ0) is 23.8. The van der Waals surface area contributed by atoms with E-state index in [4.69, 9.17) is 4.74 Å². The first-order chi connectivity index (χ1) is 15.1. The second-order valence-corrected chi connectivity index (χ2v) is 9.63. The maximum atomic E-state index is 12.4. The third-order valence-corrected chi connectivity index (χ3v) is 6.09. The molecule has 0 bridgehead atoms. The van der Waals surface area contributed by atoms with Crippen LogP contribution in [0.2, 0.25) is 0 Å². The van der Waals surface area contributed by atoms with E-state index >= 15 is 0 Å². The fourth-order valence-corrected chi connectivity index (χ4v) is 4.65. The SMILES string of the molecule is CC(C)C(=O)Oc1ccc(CO)cc1C(CCC(C)N(C(C)C)C(C)C)c1ccccc1. The number of aliphatic hydroxyl groups excluding tert-OH is 1. The summed E-state index contributed by atoms with van der Waals surface area (Å²) < 4.78 is 5.81. The summed E-state index contributed by atoms with van der Waals surface area (Å²) in [5.41, 5.74) is 2.98. The van der Waals surface area contributed by atoms with Crippen LogP contribution in [-0.2, 0) is 11.4 Å². The fourth-order valence-electron chi connectivity index (χ4n) is 4.65. The summed E-state index contributed by atoms with van der Waals surface area (Å²) in [6.07, 6.45) is 1.93. The average molecular weight is 440 g/mol. The fraction of sp³-hybridized carbons (Fsp3) is 0.536. The topological polar surface area (TPSA) is 49.8 Å². The molecule has 4 nitrogen and oxygen atoms in total. The Labute approximate surface area is 194 Å². The molecule has 2 unspecified atom stereocenters. The van der Waals surface area contributed by atoms with Crippen LogP contribution in [0.15, 0.2) is 48.5 Å². The molecule has 2 aromatic rings. The summed E-state index contributed by atoms with van der Waals surface area (Å²) in [5, 5.41) is 9.77. The molecule has 176 valence electrons. The number of benzene rings is 2. The van der Waals surface area contributed by atoms with Gasteiger partial charge < -0.3 is 9.84 Å². The first kappa shape index (κ1) is 26.1. The van der Waals surface area contributed by atoms with Crippen molar-refractivity contribution in [2.75, 3.05) is 0 Å². The Kier molecular flexibility index (Phi) is 9.92. The van der Waals surface area contributed by atoms with Gasteiger partial charge in [0.1, 0.15) is 5.75 Å². The molecular weight excluding hydrogens is 398 g/mol. The third-order valence-electron chi connectivity index (χ3n) is 6.09. The van der Waals surface area contributed by atoms with E-state index in [1.807, 2.05) is 38.1 Å². The Morgan fingerprint density at radius 1 is 0.906 bits per heavy atom. The highest BCUT2D eigenvalue weighted by molar-refractivity contribution is 5.75. The van der Waals surface area contributed by atoms with Crippen molar-refractivity contribution in [1.82, 2.24) is 4.90 Å². The van der Waals surface area contributed by atoms with Gasteiger partial charge in [0, 0.05) is 29.6 Å². The minimum Gasteiger partial charge on any atom is -0.426 e. The van der Waals surface area contributed by atoms with Gasteiger partial charge in [-0.2, -0.15) is 0 Å². The highest BCUT2D eigenvalue weighted by atomic mass is 16.5. The highest BCUT2D eigenvalue weighted by Gasteiger charge is 2.25. The monoisotopic (exact) mass is 439 g/mol. The van der Waals surface area contributed by atoms with E-state index in [0.29, 0.717) is 23.9 Å². The standard InChI is InChI=1S/C28H41NO3/c1-19(2)28(31)32-27-16-14-23(18-30)17-26(27)25(24-11-9-8-10-12-24)15-13-22(7)29(20(3)4)21(5)6/h8-12,14,16-17,19-22,25,30H,13,15,18H2,1-7H3. The molecule has 0 amide bonds. The van der Waals surface area contributed by atoms with E-state index in [-0.39, 0.29) is 24.4 Å². The van der Waals surface area contributed by atoms with Crippen molar-refractivity contribution < 1.29 is 14.6 Å². The lowest BCUT2D eigenvalue weighted by atomic mass is 9.85. The molecule has 0 heterocycles. The van der Waals surface area contributed by atoms with Crippen molar-refractivity contribution >= 4 is 5.97 Å². The second kappa shape index (κ2) is 12.2. The van der Waals surface area contributed by atoms with Crippen LogP contribution < -0.4 is 4.74 Å². The molecule has 0 saturated carbocycles. The molecule has 4 heteroatoms. The number of ether oxygens (including phenoxy) is 1. The van der Waals surface area contributed by atoms with Gasteiger partial charge in [-0.15, -0.1) is 0 Å². The predicted molar refractivity (Wildman–Crippen MR) is 132 cm³/mol. The van der Waals surface area contributed by atoms with Crippen molar-refractivity contribution in [3.63, 3.8) is 0 Å². The van der Waals surface area contributed by atoms with Crippen molar-refractivity contribution in [3.8, 4) is 5.75 Å². The van der Waals surface area contributed by atoms with E-state index in [2.05, 4.69) is 63.8 Å².